The Hall–Kier alpha value is -0.330. The van der Waals surface area contributed by atoms with E-state index in [2.05, 4.69) is 6.92 Å². The minimum atomic E-state index is 0.119. The molecule has 3 aliphatic carbocycles. The molecule has 1 atom stereocenters. The molecule has 0 radical (unpaired) electrons. The lowest BCUT2D eigenvalue weighted by molar-refractivity contribution is -0.123. The second-order valence-corrected chi connectivity index (χ2v) is 4.50. The van der Waals surface area contributed by atoms with Gasteiger partial charge in [-0.05, 0) is 43.9 Å². The van der Waals surface area contributed by atoms with Crippen LogP contribution in [0.25, 0.3) is 0 Å². The molecule has 0 aromatic heterocycles. The summed E-state index contributed by atoms with van der Waals surface area (Å²) in [5.74, 6) is 1.75. The zero-order valence-corrected chi connectivity index (χ0v) is 11.2. The Bertz CT molecular complexity index is 166. The van der Waals surface area contributed by atoms with Crippen LogP contribution in [-0.2, 0) is 4.79 Å². The molecule has 3 aliphatic rings. The zero-order chi connectivity index (χ0) is 11.9. The molecule has 0 saturated heterocycles. The molecule has 90 valence electrons. The second-order valence-electron chi connectivity index (χ2n) is 4.50. The number of hydrogen-bond acceptors (Lipinski definition) is 1. The number of fused-ring (bicyclic) bond motifs is 3. The van der Waals surface area contributed by atoms with Gasteiger partial charge in [0.15, 0.2) is 0 Å². The van der Waals surface area contributed by atoms with Crippen LogP contribution in [0, 0.1) is 17.3 Å². The van der Waals surface area contributed by atoms with Crippen molar-refractivity contribution in [2.24, 2.45) is 17.3 Å². The maximum atomic E-state index is 10.9. The van der Waals surface area contributed by atoms with E-state index in [4.69, 9.17) is 0 Å². The van der Waals surface area contributed by atoms with E-state index in [9.17, 15) is 4.79 Å². The lowest BCUT2D eigenvalue weighted by Crippen LogP contribution is -2.39. The van der Waals surface area contributed by atoms with Crippen LogP contribution in [-0.4, -0.2) is 6.29 Å². The zero-order valence-electron chi connectivity index (χ0n) is 11.2. The van der Waals surface area contributed by atoms with Crippen LogP contribution in [0.1, 0.15) is 66.7 Å². The molecule has 0 aromatic carbocycles. The van der Waals surface area contributed by atoms with Crippen LogP contribution in [0.4, 0.5) is 0 Å². The minimum absolute atomic E-state index is 0.119. The number of hydrogen-bond donors (Lipinski definition) is 0. The number of aldehydes is 1. The second kappa shape index (κ2) is 7.03. The summed E-state index contributed by atoms with van der Waals surface area (Å²) in [5, 5.41) is 0. The molecule has 1 unspecified atom stereocenters. The topological polar surface area (TPSA) is 17.1 Å². The van der Waals surface area contributed by atoms with Crippen LogP contribution in [0.3, 0.4) is 0 Å². The van der Waals surface area contributed by atoms with E-state index < -0.39 is 0 Å². The highest BCUT2D eigenvalue weighted by atomic mass is 16.1. The Labute approximate surface area is 95.6 Å². The highest BCUT2D eigenvalue weighted by molar-refractivity contribution is 5.60. The Balaban J connectivity index is 0.000000442. The summed E-state index contributed by atoms with van der Waals surface area (Å²) >= 11 is 0. The molecular formula is C14H28O. The smallest absolute Gasteiger partial charge is 0.126 e. The fourth-order valence-electron chi connectivity index (χ4n) is 2.96. The fraction of sp³-hybridized carbons (Fsp3) is 0.929. The minimum Gasteiger partial charge on any atom is -0.303 e. The van der Waals surface area contributed by atoms with Gasteiger partial charge in [0.1, 0.15) is 6.29 Å². The molecule has 0 spiro atoms. The number of carbonyl (C=O) groups is 1. The standard InChI is InChI=1S/C10H16O.2C2H6/c1-8-6-10(7-11)4-2-9(8)3-5-10;2*1-2/h7-9H,2-6H2,1H3;2*1-2H3. The highest BCUT2D eigenvalue weighted by Crippen LogP contribution is 2.51. The van der Waals surface area contributed by atoms with E-state index in [0.29, 0.717) is 0 Å². The van der Waals surface area contributed by atoms with Gasteiger partial charge in [-0.3, -0.25) is 0 Å². The summed E-state index contributed by atoms with van der Waals surface area (Å²) in [4.78, 5) is 10.9. The van der Waals surface area contributed by atoms with Crippen molar-refractivity contribution in [3.05, 3.63) is 0 Å². The van der Waals surface area contributed by atoms with Gasteiger partial charge in [0.05, 0.1) is 0 Å². The molecule has 1 heteroatoms. The predicted octanol–water partition coefficient (Wildman–Crippen LogP) is 4.45. The summed E-state index contributed by atoms with van der Waals surface area (Å²) < 4.78 is 0. The van der Waals surface area contributed by atoms with Crippen molar-refractivity contribution in [3.63, 3.8) is 0 Å². The van der Waals surface area contributed by atoms with Gasteiger partial charge in [-0.1, -0.05) is 34.6 Å². The summed E-state index contributed by atoms with van der Waals surface area (Å²) in [6.07, 6.45) is 7.36. The molecule has 3 saturated carbocycles. The summed E-state index contributed by atoms with van der Waals surface area (Å²) in [5.41, 5.74) is 0.119. The fourth-order valence-corrected chi connectivity index (χ4v) is 2.96. The Morgan fingerprint density at radius 2 is 1.53 bits per heavy atom. The molecular weight excluding hydrogens is 184 g/mol. The molecule has 1 nitrogen and oxygen atoms in total. The summed E-state index contributed by atoms with van der Waals surface area (Å²) in [6, 6.07) is 0. The quantitative estimate of drug-likeness (QED) is 0.587. The highest BCUT2D eigenvalue weighted by Gasteiger charge is 2.43. The maximum Gasteiger partial charge on any atom is 0.126 e. The monoisotopic (exact) mass is 212 g/mol. The SMILES string of the molecule is CC.CC.CC1CC2(C=O)CCC1CC2. The van der Waals surface area contributed by atoms with E-state index >= 15 is 0 Å². The van der Waals surface area contributed by atoms with Crippen molar-refractivity contribution in [3.8, 4) is 0 Å². The summed E-state index contributed by atoms with van der Waals surface area (Å²) in [7, 11) is 0. The van der Waals surface area contributed by atoms with Gasteiger partial charge in [0.25, 0.3) is 0 Å². The van der Waals surface area contributed by atoms with E-state index in [-0.39, 0.29) is 5.41 Å². The van der Waals surface area contributed by atoms with Crippen LogP contribution in [0.5, 0.6) is 0 Å². The van der Waals surface area contributed by atoms with Crippen LogP contribution >= 0.6 is 0 Å². The van der Waals surface area contributed by atoms with Gasteiger partial charge in [-0.15, -0.1) is 0 Å². The molecule has 0 aliphatic heterocycles. The van der Waals surface area contributed by atoms with Crippen LogP contribution < -0.4 is 0 Å². The van der Waals surface area contributed by atoms with Gasteiger partial charge in [-0.25, -0.2) is 0 Å². The number of rotatable bonds is 1. The predicted molar refractivity (Wildman–Crippen MR) is 66.9 cm³/mol. The first-order valence-electron chi connectivity index (χ1n) is 6.72. The molecule has 0 heterocycles. The van der Waals surface area contributed by atoms with Crippen molar-refractivity contribution in [2.45, 2.75) is 66.7 Å². The van der Waals surface area contributed by atoms with Crippen LogP contribution in [0.15, 0.2) is 0 Å². The average Bonchev–Trinajstić information content (AvgIpc) is 2.35. The number of carbonyl (C=O) groups excluding carboxylic acids is 1. The van der Waals surface area contributed by atoms with E-state index in [0.717, 1.165) is 11.8 Å². The molecule has 0 aromatic rings. The normalized spacial score (nSPS) is 36.9. The van der Waals surface area contributed by atoms with Crippen molar-refractivity contribution in [1.82, 2.24) is 0 Å². The molecule has 0 amide bonds. The molecule has 0 N–H and O–H groups in total. The molecule has 3 fully saturated rings. The first kappa shape index (κ1) is 14.7. The van der Waals surface area contributed by atoms with Crippen molar-refractivity contribution in [1.29, 1.82) is 0 Å². The third-order valence-electron chi connectivity index (χ3n) is 3.81. The molecule has 3 rings (SSSR count). The van der Waals surface area contributed by atoms with Gasteiger partial charge < -0.3 is 4.79 Å². The van der Waals surface area contributed by atoms with Crippen molar-refractivity contribution in [2.75, 3.05) is 0 Å². The Morgan fingerprint density at radius 3 is 1.80 bits per heavy atom. The van der Waals surface area contributed by atoms with E-state index in [1.165, 1.54) is 38.4 Å². The largest absolute Gasteiger partial charge is 0.303 e. The lowest BCUT2D eigenvalue weighted by atomic mass is 9.57. The van der Waals surface area contributed by atoms with Gasteiger partial charge in [-0.2, -0.15) is 0 Å². The lowest BCUT2D eigenvalue weighted by Gasteiger charge is -2.46. The third-order valence-corrected chi connectivity index (χ3v) is 3.81. The first-order chi connectivity index (χ1) is 7.26. The average molecular weight is 212 g/mol. The first-order valence-corrected chi connectivity index (χ1v) is 6.72. The van der Waals surface area contributed by atoms with Crippen molar-refractivity contribution >= 4 is 6.29 Å². The molecule has 15 heavy (non-hydrogen) atoms. The van der Waals surface area contributed by atoms with Gasteiger partial charge >= 0.3 is 0 Å². The Kier molecular flexibility index (Phi) is 6.87. The van der Waals surface area contributed by atoms with Crippen LogP contribution in [0.2, 0.25) is 0 Å². The third kappa shape index (κ3) is 3.32. The van der Waals surface area contributed by atoms with Crippen molar-refractivity contribution < 1.29 is 4.79 Å². The van der Waals surface area contributed by atoms with Gasteiger partial charge in [0.2, 0.25) is 0 Å². The molecule has 2 bridgehead atoms. The van der Waals surface area contributed by atoms with E-state index in [1.54, 1.807) is 0 Å². The Morgan fingerprint density at radius 1 is 1.07 bits per heavy atom. The maximum absolute atomic E-state index is 10.9. The summed E-state index contributed by atoms with van der Waals surface area (Å²) in [6.45, 7) is 10.3. The van der Waals surface area contributed by atoms with E-state index in [1.807, 2.05) is 27.7 Å². The van der Waals surface area contributed by atoms with Gasteiger partial charge in [0, 0.05) is 5.41 Å².